The first kappa shape index (κ1) is 22.7. The van der Waals surface area contributed by atoms with Gasteiger partial charge < -0.3 is 20.7 Å². The highest BCUT2D eigenvalue weighted by molar-refractivity contribution is 7.80. The summed E-state index contributed by atoms with van der Waals surface area (Å²) in [6.07, 6.45) is 0. The van der Waals surface area contributed by atoms with Gasteiger partial charge >= 0.3 is 0 Å². The molecule has 0 bridgehead atoms. The lowest BCUT2D eigenvalue weighted by atomic mass is 10.1. The Morgan fingerprint density at radius 1 is 0.871 bits per heavy atom. The van der Waals surface area contributed by atoms with E-state index in [-0.39, 0.29) is 16.4 Å². The van der Waals surface area contributed by atoms with Crippen molar-refractivity contribution in [2.75, 3.05) is 23.1 Å². The molecule has 0 heterocycles. The summed E-state index contributed by atoms with van der Waals surface area (Å²) < 4.78 is 31.8. The SMILES string of the molecule is COc1ccc(C(=O)Nc2ccc(F)c(F)c2)cc1NC(=S)Nc1cc(Cl)cc(Cl)c1. The van der Waals surface area contributed by atoms with Gasteiger partial charge in [-0.05, 0) is 60.7 Å². The van der Waals surface area contributed by atoms with Crippen molar-refractivity contribution >= 4 is 63.5 Å². The molecule has 10 heteroatoms. The van der Waals surface area contributed by atoms with Crippen molar-refractivity contribution in [1.29, 1.82) is 0 Å². The lowest BCUT2D eigenvalue weighted by molar-refractivity contribution is 0.102. The van der Waals surface area contributed by atoms with E-state index in [1.54, 1.807) is 24.3 Å². The van der Waals surface area contributed by atoms with E-state index >= 15 is 0 Å². The van der Waals surface area contributed by atoms with Crippen molar-refractivity contribution in [2.24, 2.45) is 0 Å². The molecule has 0 unspecified atom stereocenters. The Morgan fingerprint density at radius 2 is 1.58 bits per heavy atom. The van der Waals surface area contributed by atoms with E-state index in [4.69, 9.17) is 40.2 Å². The van der Waals surface area contributed by atoms with Gasteiger partial charge in [0.05, 0.1) is 12.8 Å². The summed E-state index contributed by atoms with van der Waals surface area (Å²) in [5, 5.41) is 9.47. The molecule has 3 rings (SSSR count). The zero-order valence-corrected chi connectivity index (χ0v) is 18.3. The van der Waals surface area contributed by atoms with Crippen LogP contribution in [0.2, 0.25) is 10.0 Å². The van der Waals surface area contributed by atoms with Gasteiger partial charge in [0.25, 0.3) is 5.91 Å². The van der Waals surface area contributed by atoms with Crippen molar-refractivity contribution in [3.8, 4) is 5.75 Å². The van der Waals surface area contributed by atoms with Crippen LogP contribution in [-0.4, -0.2) is 18.1 Å². The standard InChI is InChI=1S/C21H15Cl2F2N3O2S/c1-30-19-5-2-11(20(29)26-14-3-4-16(24)17(25)10-14)6-18(19)28-21(31)27-15-8-12(22)7-13(23)9-15/h2-10H,1H3,(H,26,29)(H2,27,28,31). The Balaban J connectivity index is 1.77. The number of hydrogen-bond acceptors (Lipinski definition) is 3. The van der Waals surface area contributed by atoms with Crippen molar-refractivity contribution in [3.05, 3.63) is 81.8 Å². The van der Waals surface area contributed by atoms with Crippen LogP contribution in [0.3, 0.4) is 0 Å². The first-order valence-electron chi connectivity index (χ1n) is 8.73. The predicted octanol–water partition coefficient (Wildman–Crippen LogP) is 6.34. The number of methoxy groups -OCH3 is 1. The van der Waals surface area contributed by atoms with Crippen molar-refractivity contribution < 1.29 is 18.3 Å². The normalized spacial score (nSPS) is 10.4. The maximum absolute atomic E-state index is 13.4. The molecule has 0 saturated heterocycles. The Labute approximate surface area is 192 Å². The zero-order chi connectivity index (χ0) is 22.5. The third-order valence-corrected chi connectivity index (χ3v) is 4.65. The van der Waals surface area contributed by atoms with Crippen LogP contribution in [0, 0.1) is 11.6 Å². The number of thiocarbonyl (C=S) groups is 1. The van der Waals surface area contributed by atoms with E-state index in [1.165, 1.54) is 25.3 Å². The van der Waals surface area contributed by atoms with Crippen LogP contribution in [0.4, 0.5) is 25.8 Å². The minimum atomic E-state index is -1.06. The molecule has 0 saturated carbocycles. The quantitative estimate of drug-likeness (QED) is 0.371. The number of halogens is 4. The summed E-state index contributed by atoms with van der Waals surface area (Å²) in [5.74, 6) is -2.17. The summed E-state index contributed by atoms with van der Waals surface area (Å²) in [4.78, 5) is 12.5. The Bertz CT molecular complexity index is 1140. The summed E-state index contributed by atoms with van der Waals surface area (Å²) >= 11 is 17.3. The molecule has 3 N–H and O–H groups in total. The molecule has 0 atom stereocenters. The van der Waals surface area contributed by atoms with E-state index in [2.05, 4.69) is 16.0 Å². The molecule has 31 heavy (non-hydrogen) atoms. The van der Waals surface area contributed by atoms with Crippen molar-refractivity contribution in [2.45, 2.75) is 0 Å². The molecule has 160 valence electrons. The lowest BCUT2D eigenvalue weighted by Gasteiger charge is -2.15. The highest BCUT2D eigenvalue weighted by Gasteiger charge is 2.13. The van der Waals surface area contributed by atoms with Gasteiger partial charge in [0.15, 0.2) is 16.7 Å². The fraction of sp³-hybridized carbons (Fsp3) is 0.0476. The van der Waals surface area contributed by atoms with Crippen LogP contribution >= 0.6 is 35.4 Å². The average molecular weight is 482 g/mol. The maximum atomic E-state index is 13.4. The van der Waals surface area contributed by atoms with Gasteiger partial charge in [0, 0.05) is 33.0 Å². The molecule has 0 aliphatic heterocycles. The van der Waals surface area contributed by atoms with E-state index in [1.807, 2.05) is 0 Å². The van der Waals surface area contributed by atoms with Crippen LogP contribution < -0.4 is 20.7 Å². The minimum Gasteiger partial charge on any atom is -0.495 e. The largest absolute Gasteiger partial charge is 0.495 e. The van der Waals surface area contributed by atoms with Gasteiger partial charge in [-0.2, -0.15) is 0 Å². The first-order chi connectivity index (χ1) is 14.7. The number of nitrogens with one attached hydrogen (secondary N) is 3. The lowest BCUT2D eigenvalue weighted by Crippen LogP contribution is -2.20. The molecule has 0 aliphatic carbocycles. The van der Waals surface area contributed by atoms with Gasteiger partial charge in [0.1, 0.15) is 5.75 Å². The smallest absolute Gasteiger partial charge is 0.255 e. The van der Waals surface area contributed by atoms with Gasteiger partial charge in [-0.3, -0.25) is 4.79 Å². The molecular formula is C21H15Cl2F2N3O2S. The van der Waals surface area contributed by atoms with Gasteiger partial charge in [0.2, 0.25) is 0 Å². The molecule has 0 spiro atoms. The molecule has 0 aromatic heterocycles. The molecule has 0 radical (unpaired) electrons. The number of carbonyl (C=O) groups is 1. The van der Waals surface area contributed by atoms with Crippen LogP contribution in [0.25, 0.3) is 0 Å². The second-order valence-electron chi connectivity index (χ2n) is 6.24. The fourth-order valence-electron chi connectivity index (χ4n) is 2.63. The Morgan fingerprint density at radius 3 is 2.23 bits per heavy atom. The zero-order valence-electron chi connectivity index (χ0n) is 15.9. The monoisotopic (exact) mass is 481 g/mol. The van der Waals surface area contributed by atoms with Crippen LogP contribution in [-0.2, 0) is 0 Å². The number of carbonyl (C=O) groups excluding carboxylic acids is 1. The number of hydrogen-bond donors (Lipinski definition) is 3. The first-order valence-corrected chi connectivity index (χ1v) is 9.90. The van der Waals surface area contributed by atoms with Crippen LogP contribution in [0.15, 0.2) is 54.6 Å². The van der Waals surface area contributed by atoms with Gasteiger partial charge in [-0.25, -0.2) is 8.78 Å². The van der Waals surface area contributed by atoms with E-state index in [0.29, 0.717) is 27.2 Å². The van der Waals surface area contributed by atoms with Gasteiger partial charge in [-0.15, -0.1) is 0 Å². The minimum absolute atomic E-state index is 0.115. The van der Waals surface area contributed by atoms with Crippen LogP contribution in [0.1, 0.15) is 10.4 Å². The van der Waals surface area contributed by atoms with Gasteiger partial charge in [-0.1, -0.05) is 23.2 Å². The molecular weight excluding hydrogens is 467 g/mol. The number of rotatable bonds is 5. The van der Waals surface area contributed by atoms with Crippen molar-refractivity contribution in [3.63, 3.8) is 0 Å². The molecule has 0 aliphatic rings. The molecule has 0 fully saturated rings. The average Bonchev–Trinajstić information content (AvgIpc) is 2.69. The molecule has 1 amide bonds. The topological polar surface area (TPSA) is 62.4 Å². The summed E-state index contributed by atoms with van der Waals surface area (Å²) in [6.45, 7) is 0. The third-order valence-electron chi connectivity index (χ3n) is 4.01. The number of amides is 1. The van der Waals surface area contributed by atoms with E-state index < -0.39 is 17.5 Å². The van der Waals surface area contributed by atoms with E-state index in [0.717, 1.165) is 12.1 Å². The van der Waals surface area contributed by atoms with Crippen LogP contribution in [0.5, 0.6) is 5.75 Å². The molecule has 3 aromatic carbocycles. The summed E-state index contributed by atoms with van der Waals surface area (Å²) in [6, 6.07) is 12.6. The molecule has 5 nitrogen and oxygen atoms in total. The maximum Gasteiger partial charge on any atom is 0.255 e. The highest BCUT2D eigenvalue weighted by atomic mass is 35.5. The third kappa shape index (κ3) is 6.04. The van der Waals surface area contributed by atoms with Crippen molar-refractivity contribution in [1.82, 2.24) is 0 Å². The Kier molecular flexibility index (Phi) is 7.27. The summed E-state index contributed by atoms with van der Waals surface area (Å²) in [5.41, 5.74) is 1.33. The summed E-state index contributed by atoms with van der Waals surface area (Å²) in [7, 11) is 1.47. The predicted molar refractivity (Wildman–Crippen MR) is 124 cm³/mol. The number of ether oxygens (including phenoxy) is 1. The highest BCUT2D eigenvalue weighted by Crippen LogP contribution is 2.27. The number of benzene rings is 3. The Hall–Kier alpha value is -2.94. The second-order valence-corrected chi connectivity index (χ2v) is 7.52. The number of anilines is 3. The second kappa shape index (κ2) is 9.91. The van der Waals surface area contributed by atoms with E-state index in [9.17, 15) is 13.6 Å². The molecule has 3 aromatic rings. The fourth-order valence-corrected chi connectivity index (χ4v) is 3.39.